The molecule has 1 N–H and O–H groups in total. The second-order valence-corrected chi connectivity index (χ2v) is 8.36. The Kier molecular flexibility index (Phi) is 5.55. The van der Waals surface area contributed by atoms with E-state index in [2.05, 4.69) is 4.72 Å². The number of methoxy groups -OCH3 is 1. The van der Waals surface area contributed by atoms with Gasteiger partial charge < -0.3 is 9.64 Å². The van der Waals surface area contributed by atoms with Gasteiger partial charge in [0.2, 0.25) is 10.0 Å². The lowest BCUT2D eigenvalue weighted by atomic mass is 10.1. The van der Waals surface area contributed by atoms with E-state index in [0.717, 1.165) is 12.8 Å². The maximum absolute atomic E-state index is 12.8. The summed E-state index contributed by atoms with van der Waals surface area (Å²) in [6.45, 7) is 7.43. The molecule has 2 rings (SSSR count). The van der Waals surface area contributed by atoms with Crippen molar-refractivity contribution in [3.8, 4) is 5.75 Å². The third-order valence-corrected chi connectivity index (χ3v) is 5.50. The number of amides is 1. The lowest BCUT2D eigenvalue weighted by Crippen LogP contribution is -2.39. The van der Waals surface area contributed by atoms with Gasteiger partial charge in [-0.1, -0.05) is 0 Å². The van der Waals surface area contributed by atoms with E-state index in [1.165, 1.54) is 19.2 Å². The van der Waals surface area contributed by atoms with Crippen LogP contribution >= 0.6 is 0 Å². The molecule has 0 atom stereocenters. The average molecular weight is 354 g/mol. The van der Waals surface area contributed by atoms with Crippen LogP contribution in [-0.2, 0) is 10.0 Å². The summed E-state index contributed by atoms with van der Waals surface area (Å²) in [6, 6.07) is 4.64. The lowest BCUT2D eigenvalue weighted by Gasteiger charge is -2.27. The van der Waals surface area contributed by atoms with Gasteiger partial charge in [0, 0.05) is 23.7 Å². The molecular weight excluding hydrogens is 328 g/mol. The van der Waals surface area contributed by atoms with Gasteiger partial charge in [-0.3, -0.25) is 4.79 Å². The Morgan fingerprint density at radius 1 is 1.25 bits per heavy atom. The minimum atomic E-state index is -3.75. The number of hydrogen-bond acceptors (Lipinski definition) is 4. The highest BCUT2D eigenvalue weighted by molar-refractivity contribution is 7.89. The van der Waals surface area contributed by atoms with Crippen molar-refractivity contribution >= 4 is 15.9 Å². The summed E-state index contributed by atoms with van der Waals surface area (Å²) in [4.78, 5) is 14.7. The lowest BCUT2D eigenvalue weighted by molar-refractivity contribution is 0.0690. The van der Waals surface area contributed by atoms with Crippen LogP contribution in [0.4, 0.5) is 0 Å². The van der Waals surface area contributed by atoms with Crippen LogP contribution in [-0.4, -0.2) is 44.5 Å². The monoisotopic (exact) mass is 354 g/mol. The fraction of sp³-hybridized carbons (Fsp3) is 0.588. The van der Waals surface area contributed by atoms with Crippen LogP contribution in [0.2, 0.25) is 0 Å². The molecule has 0 heterocycles. The fourth-order valence-electron chi connectivity index (χ4n) is 2.72. The summed E-state index contributed by atoms with van der Waals surface area (Å²) in [5, 5.41) is 0. The van der Waals surface area contributed by atoms with Crippen LogP contribution in [0.25, 0.3) is 0 Å². The third kappa shape index (κ3) is 4.08. The molecule has 1 aromatic carbocycles. The molecule has 134 valence electrons. The van der Waals surface area contributed by atoms with Crippen molar-refractivity contribution in [3.05, 3.63) is 23.8 Å². The first kappa shape index (κ1) is 18.7. The first-order valence-electron chi connectivity index (χ1n) is 8.20. The molecule has 24 heavy (non-hydrogen) atoms. The Morgan fingerprint density at radius 3 is 2.33 bits per heavy atom. The summed E-state index contributed by atoms with van der Waals surface area (Å²) in [5.41, 5.74) is 0.362. The average Bonchev–Trinajstić information content (AvgIpc) is 3.29. The number of nitrogens with zero attached hydrogens (tertiary/aromatic N) is 1. The summed E-state index contributed by atoms with van der Waals surface area (Å²) >= 11 is 0. The Hall–Kier alpha value is -1.60. The Balaban J connectivity index is 2.43. The molecule has 1 saturated carbocycles. The Labute approximate surface area is 144 Å². The van der Waals surface area contributed by atoms with E-state index in [1.807, 2.05) is 18.7 Å². The van der Waals surface area contributed by atoms with Gasteiger partial charge in [0.15, 0.2) is 0 Å². The van der Waals surface area contributed by atoms with Crippen LogP contribution < -0.4 is 9.46 Å². The molecule has 0 aromatic heterocycles. The number of hydrogen-bond donors (Lipinski definition) is 1. The highest BCUT2D eigenvalue weighted by Crippen LogP contribution is 2.31. The molecule has 1 aliphatic rings. The van der Waals surface area contributed by atoms with Gasteiger partial charge in [-0.25, -0.2) is 13.1 Å². The van der Waals surface area contributed by atoms with Crippen LogP contribution in [0, 0.1) is 0 Å². The largest absolute Gasteiger partial charge is 0.495 e. The van der Waals surface area contributed by atoms with E-state index in [0.29, 0.717) is 5.56 Å². The van der Waals surface area contributed by atoms with Gasteiger partial charge in [-0.15, -0.1) is 0 Å². The SMILES string of the molecule is COc1ccc(C(=O)N(C(C)C)C2CC2)cc1S(=O)(=O)NC(C)C. The minimum Gasteiger partial charge on any atom is -0.495 e. The van der Waals surface area contributed by atoms with Gasteiger partial charge in [-0.2, -0.15) is 0 Å². The fourth-order valence-corrected chi connectivity index (χ4v) is 4.16. The van der Waals surface area contributed by atoms with Crippen molar-refractivity contribution in [3.63, 3.8) is 0 Å². The molecule has 6 nitrogen and oxygen atoms in total. The number of carbonyl (C=O) groups is 1. The van der Waals surface area contributed by atoms with Crippen LogP contribution in [0.1, 0.15) is 50.9 Å². The molecule has 7 heteroatoms. The highest BCUT2D eigenvalue weighted by atomic mass is 32.2. The topological polar surface area (TPSA) is 75.7 Å². The zero-order chi connectivity index (χ0) is 18.1. The summed E-state index contributed by atoms with van der Waals surface area (Å²) in [6.07, 6.45) is 2.00. The van der Waals surface area contributed by atoms with Crippen molar-refractivity contribution in [2.45, 2.75) is 63.6 Å². The Bertz CT molecular complexity index is 707. The van der Waals surface area contributed by atoms with E-state index >= 15 is 0 Å². The first-order valence-corrected chi connectivity index (χ1v) is 9.68. The number of rotatable bonds is 7. The second-order valence-electron chi connectivity index (χ2n) is 6.68. The summed E-state index contributed by atoms with van der Waals surface area (Å²) in [5.74, 6) is 0.0818. The van der Waals surface area contributed by atoms with Gasteiger partial charge >= 0.3 is 0 Å². The zero-order valence-corrected chi connectivity index (χ0v) is 15.7. The molecule has 1 amide bonds. The zero-order valence-electron chi connectivity index (χ0n) is 14.9. The quantitative estimate of drug-likeness (QED) is 0.816. The van der Waals surface area contributed by atoms with E-state index in [9.17, 15) is 13.2 Å². The number of sulfonamides is 1. The van der Waals surface area contributed by atoms with E-state index in [-0.39, 0.29) is 34.7 Å². The smallest absolute Gasteiger partial charge is 0.254 e. The molecule has 0 bridgehead atoms. The number of carbonyl (C=O) groups excluding carboxylic acids is 1. The van der Waals surface area contributed by atoms with E-state index < -0.39 is 10.0 Å². The highest BCUT2D eigenvalue weighted by Gasteiger charge is 2.35. The van der Waals surface area contributed by atoms with E-state index in [1.54, 1.807) is 19.9 Å². The van der Waals surface area contributed by atoms with Crippen molar-refractivity contribution in [1.29, 1.82) is 0 Å². The third-order valence-electron chi connectivity index (χ3n) is 3.82. The molecule has 0 unspecified atom stereocenters. The number of nitrogens with one attached hydrogen (secondary N) is 1. The maximum Gasteiger partial charge on any atom is 0.254 e. The van der Waals surface area contributed by atoms with Gasteiger partial charge in [0.05, 0.1) is 7.11 Å². The minimum absolute atomic E-state index is 0.0101. The summed E-state index contributed by atoms with van der Waals surface area (Å²) in [7, 11) is -2.34. The molecule has 0 spiro atoms. The molecule has 1 aromatic rings. The maximum atomic E-state index is 12.8. The summed E-state index contributed by atoms with van der Waals surface area (Å²) < 4.78 is 32.8. The predicted octanol–water partition coefficient (Wildman–Crippen LogP) is 2.39. The van der Waals surface area contributed by atoms with Crippen molar-refractivity contribution in [2.75, 3.05) is 7.11 Å². The Morgan fingerprint density at radius 2 is 1.88 bits per heavy atom. The number of ether oxygens (including phenoxy) is 1. The van der Waals surface area contributed by atoms with E-state index in [4.69, 9.17) is 4.74 Å². The predicted molar refractivity (Wildman–Crippen MR) is 92.8 cm³/mol. The standard InChI is InChI=1S/C17H26N2O4S/c1-11(2)18-24(21,22)16-10-13(6-9-15(16)23-5)17(20)19(12(3)4)14-7-8-14/h6,9-12,14,18H,7-8H2,1-5H3. The normalized spacial score (nSPS) is 15.0. The van der Waals surface area contributed by atoms with Crippen molar-refractivity contribution in [1.82, 2.24) is 9.62 Å². The van der Waals surface area contributed by atoms with Gasteiger partial charge in [0.25, 0.3) is 5.91 Å². The molecule has 0 radical (unpaired) electrons. The molecule has 1 fully saturated rings. The van der Waals surface area contributed by atoms with Crippen LogP contribution in [0.15, 0.2) is 23.1 Å². The molecule has 1 aliphatic carbocycles. The van der Waals surface area contributed by atoms with Crippen LogP contribution in [0.5, 0.6) is 5.75 Å². The molecule has 0 aliphatic heterocycles. The van der Waals surface area contributed by atoms with Crippen LogP contribution in [0.3, 0.4) is 0 Å². The second kappa shape index (κ2) is 7.11. The number of benzene rings is 1. The van der Waals surface area contributed by atoms with Gasteiger partial charge in [0.1, 0.15) is 10.6 Å². The van der Waals surface area contributed by atoms with Crippen molar-refractivity contribution < 1.29 is 17.9 Å². The van der Waals surface area contributed by atoms with Crippen molar-refractivity contribution in [2.24, 2.45) is 0 Å². The van der Waals surface area contributed by atoms with Gasteiger partial charge in [-0.05, 0) is 58.7 Å². The first-order chi connectivity index (χ1) is 11.2. The molecule has 0 saturated heterocycles. The molecular formula is C17H26N2O4S.